The van der Waals surface area contributed by atoms with Gasteiger partial charge >= 0.3 is 0 Å². The lowest BCUT2D eigenvalue weighted by atomic mass is 10.00. The molecule has 2 aromatic heterocycles. The van der Waals surface area contributed by atoms with E-state index in [2.05, 4.69) is 16.0 Å². The normalized spacial score (nSPS) is 21.3. The summed E-state index contributed by atoms with van der Waals surface area (Å²) in [5, 5.41) is 0.978. The molecule has 0 amide bonds. The van der Waals surface area contributed by atoms with Gasteiger partial charge in [0.15, 0.2) is 0 Å². The van der Waals surface area contributed by atoms with Gasteiger partial charge in [-0.3, -0.25) is 0 Å². The van der Waals surface area contributed by atoms with Gasteiger partial charge in [0, 0.05) is 24.3 Å². The van der Waals surface area contributed by atoms with Gasteiger partial charge < -0.3 is 4.98 Å². The molecule has 7 heteroatoms. The van der Waals surface area contributed by atoms with Gasteiger partial charge in [0.25, 0.3) is 0 Å². The third-order valence-corrected chi connectivity index (χ3v) is 6.89. The van der Waals surface area contributed by atoms with Crippen LogP contribution in [0.2, 0.25) is 5.02 Å². The summed E-state index contributed by atoms with van der Waals surface area (Å²) in [6.45, 7) is 0.434. The highest BCUT2D eigenvalue weighted by Gasteiger charge is 2.46. The Morgan fingerprint density at radius 3 is 2.86 bits per heavy atom. The third kappa shape index (κ3) is 1.94. The molecule has 1 fully saturated rings. The van der Waals surface area contributed by atoms with Crippen molar-refractivity contribution >= 4 is 32.7 Å². The van der Waals surface area contributed by atoms with Crippen LogP contribution in [0, 0.1) is 0 Å². The number of hydrogen-bond donors (Lipinski definition) is 1. The molecule has 2 aromatic rings. The number of aromatic nitrogens is 2. The predicted octanol–water partition coefficient (Wildman–Crippen LogP) is 3.09. The number of fused-ring (bicyclic) bond motifs is 1. The van der Waals surface area contributed by atoms with Crippen molar-refractivity contribution in [3.8, 4) is 0 Å². The Labute approximate surface area is 134 Å². The Kier molecular flexibility index (Phi) is 3.11. The van der Waals surface area contributed by atoms with Crippen LogP contribution in [0.4, 0.5) is 0 Å². The van der Waals surface area contributed by atoms with Crippen molar-refractivity contribution in [1.82, 2.24) is 14.3 Å². The van der Waals surface area contributed by atoms with Crippen LogP contribution >= 0.6 is 11.6 Å². The van der Waals surface area contributed by atoms with Gasteiger partial charge in [-0.1, -0.05) is 36.6 Å². The molecule has 2 aliphatic rings. The van der Waals surface area contributed by atoms with E-state index in [-0.39, 0.29) is 10.4 Å². The summed E-state index contributed by atoms with van der Waals surface area (Å²) in [6, 6.07) is 1.65. The van der Waals surface area contributed by atoms with E-state index in [4.69, 9.17) is 11.6 Å². The average molecular weight is 338 g/mol. The van der Waals surface area contributed by atoms with E-state index in [0.29, 0.717) is 22.6 Å². The maximum atomic E-state index is 13.2. The fourth-order valence-electron chi connectivity index (χ4n) is 3.66. The third-order valence-electron chi connectivity index (χ3n) is 4.69. The first-order valence-corrected chi connectivity index (χ1v) is 9.18. The Hall–Kier alpha value is -1.37. The molecule has 0 atom stereocenters. The van der Waals surface area contributed by atoms with Crippen molar-refractivity contribution in [3.05, 3.63) is 35.6 Å². The minimum Gasteiger partial charge on any atom is -0.345 e. The van der Waals surface area contributed by atoms with Gasteiger partial charge in [-0.15, -0.1) is 0 Å². The van der Waals surface area contributed by atoms with E-state index in [1.807, 2.05) is 6.08 Å². The van der Waals surface area contributed by atoms with Gasteiger partial charge in [0.2, 0.25) is 10.0 Å². The highest BCUT2D eigenvalue weighted by Crippen LogP contribution is 2.43. The van der Waals surface area contributed by atoms with Crippen LogP contribution < -0.4 is 0 Å². The molecule has 1 N–H and O–H groups in total. The Morgan fingerprint density at radius 1 is 1.32 bits per heavy atom. The monoisotopic (exact) mass is 337 g/mol. The molecule has 1 aliphatic carbocycles. The molecule has 5 nitrogen and oxygen atoms in total. The zero-order valence-corrected chi connectivity index (χ0v) is 13.5. The van der Waals surface area contributed by atoms with Crippen LogP contribution in [-0.2, 0) is 10.0 Å². The number of aromatic amines is 1. The molecule has 0 aromatic carbocycles. The Balaban J connectivity index is 1.85. The van der Waals surface area contributed by atoms with E-state index < -0.39 is 10.0 Å². The summed E-state index contributed by atoms with van der Waals surface area (Å²) < 4.78 is 28.0. The first kappa shape index (κ1) is 14.2. The summed E-state index contributed by atoms with van der Waals surface area (Å²) in [5.41, 5.74) is 0.199. The lowest BCUT2D eigenvalue weighted by Crippen LogP contribution is -2.45. The summed E-state index contributed by atoms with van der Waals surface area (Å²) in [5.74, 6) is 0. The van der Waals surface area contributed by atoms with Crippen molar-refractivity contribution in [2.24, 2.45) is 0 Å². The summed E-state index contributed by atoms with van der Waals surface area (Å²) in [6.07, 6.45) is 11.0. The molecular weight excluding hydrogens is 322 g/mol. The van der Waals surface area contributed by atoms with Crippen molar-refractivity contribution in [1.29, 1.82) is 0 Å². The molecule has 1 spiro atoms. The number of hydrogen-bond acceptors (Lipinski definition) is 3. The minimum atomic E-state index is -3.59. The van der Waals surface area contributed by atoms with Crippen molar-refractivity contribution in [2.45, 2.75) is 36.1 Å². The quantitative estimate of drug-likeness (QED) is 0.856. The van der Waals surface area contributed by atoms with Gasteiger partial charge in [0.05, 0.1) is 10.6 Å². The minimum absolute atomic E-state index is 0.257. The average Bonchev–Trinajstić information content (AvgIpc) is 3.20. The molecule has 1 aliphatic heterocycles. The van der Waals surface area contributed by atoms with E-state index in [9.17, 15) is 8.42 Å². The smallest absolute Gasteiger partial charge is 0.246 e. The molecule has 1 saturated carbocycles. The number of nitrogens with one attached hydrogen (secondary N) is 1. The lowest BCUT2D eigenvalue weighted by Gasteiger charge is -2.33. The molecule has 0 bridgehead atoms. The summed E-state index contributed by atoms with van der Waals surface area (Å²) >= 11 is 5.98. The largest absolute Gasteiger partial charge is 0.345 e. The molecule has 0 radical (unpaired) electrons. The second-order valence-electron chi connectivity index (χ2n) is 5.95. The highest BCUT2D eigenvalue weighted by atomic mass is 35.5. The van der Waals surface area contributed by atoms with E-state index in [0.717, 1.165) is 25.7 Å². The number of nitrogens with zero attached hydrogens (tertiary/aromatic N) is 2. The number of halogens is 1. The zero-order chi connectivity index (χ0) is 15.4. The molecule has 4 rings (SSSR count). The second kappa shape index (κ2) is 4.81. The molecule has 3 heterocycles. The standard InChI is InChI=1S/C15H16ClN3O2S/c16-11-8-12-13(10-18-14(12)17-9-11)22(20,21)19-7-3-6-15(19)4-1-2-5-15/h3,6,8-10H,1-2,4-5,7H2,(H,17,18). The van der Waals surface area contributed by atoms with Crippen LogP contribution in [-0.4, -0.2) is 34.8 Å². The summed E-state index contributed by atoms with van der Waals surface area (Å²) in [4.78, 5) is 7.33. The molecule has 0 saturated heterocycles. The Morgan fingerprint density at radius 2 is 2.09 bits per heavy atom. The van der Waals surface area contributed by atoms with Crippen molar-refractivity contribution in [2.75, 3.05) is 6.54 Å². The predicted molar refractivity (Wildman–Crippen MR) is 85.3 cm³/mol. The zero-order valence-electron chi connectivity index (χ0n) is 11.9. The van der Waals surface area contributed by atoms with Crippen LogP contribution in [0.3, 0.4) is 0 Å². The maximum Gasteiger partial charge on any atom is 0.246 e. The van der Waals surface area contributed by atoms with Crippen LogP contribution in [0.1, 0.15) is 25.7 Å². The first-order valence-electron chi connectivity index (χ1n) is 7.36. The van der Waals surface area contributed by atoms with Gasteiger partial charge in [-0.05, 0) is 18.9 Å². The van der Waals surface area contributed by atoms with Gasteiger partial charge in [-0.2, -0.15) is 4.31 Å². The second-order valence-corrected chi connectivity index (χ2v) is 8.22. The highest BCUT2D eigenvalue weighted by molar-refractivity contribution is 7.89. The topological polar surface area (TPSA) is 66.1 Å². The fourth-order valence-corrected chi connectivity index (χ4v) is 5.70. The van der Waals surface area contributed by atoms with E-state index in [1.54, 1.807) is 10.4 Å². The Bertz CT molecular complexity index is 866. The van der Waals surface area contributed by atoms with E-state index >= 15 is 0 Å². The SMILES string of the molecule is O=S(=O)(c1c[nH]c2ncc(Cl)cc12)N1CC=CC12CCCC2. The van der Waals surface area contributed by atoms with Crippen molar-refractivity contribution < 1.29 is 8.42 Å². The molecule has 0 unspecified atom stereocenters. The number of sulfonamides is 1. The maximum absolute atomic E-state index is 13.2. The first-order chi connectivity index (χ1) is 10.5. The van der Waals surface area contributed by atoms with Crippen LogP contribution in [0.15, 0.2) is 35.5 Å². The fraction of sp³-hybridized carbons (Fsp3) is 0.400. The number of rotatable bonds is 2. The van der Waals surface area contributed by atoms with Crippen LogP contribution in [0.5, 0.6) is 0 Å². The van der Waals surface area contributed by atoms with Crippen molar-refractivity contribution in [3.63, 3.8) is 0 Å². The van der Waals surface area contributed by atoms with Gasteiger partial charge in [0.1, 0.15) is 10.5 Å². The van der Waals surface area contributed by atoms with Crippen LogP contribution in [0.25, 0.3) is 11.0 Å². The van der Waals surface area contributed by atoms with E-state index in [1.165, 1.54) is 12.4 Å². The molecule has 22 heavy (non-hydrogen) atoms. The number of H-pyrrole nitrogens is 1. The lowest BCUT2D eigenvalue weighted by molar-refractivity contribution is 0.284. The summed E-state index contributed by atoms with van der Waals surface area (Å²) in [7, 11) is -3.59. The molecular formula is C15H16ClN3O2S. The number of pyridine rings is 1. The molecule has 116 valence electrons. The van der Waals surface area contributed by atoms with Gasteiger partial charge in [-0.25, -0.2) is 13.4 Å².